The molecule has 1 saturated heterocycles. The minimum absolute atomic E-state index is 0.337. The van der Waals surface area contributed by atoms with Crippen molar-refractivity contribution in [2.75, 3.05) is 18.0 Å². The molecule has 3 heteroatoms. The molecule has 0 spiro atoms. The quantitative estimate of drug-likeness (QED) is 0.743. The van der Waals surface area contributed by atoms with Crippen LogP contribution in [-0.2, 0) is 0 Å². The highest BCUT2D eigenvalue weighted by atomic mass is 15.2. The topological polar surface area (TPSA) is 39.9 Å². The maximum absolute atomic E-state index is 9.07. The molecule has 2 rings (SSSR count). The molecule has 0 aliphatic carbocycles. The van der Waals surface area contributed by atoms with Crippen molar-refractivity contribution in [1.82, 2.24) is 4.98 Å². The summed E-state index contributed by atoms with van der Waals surface area (Å²) in [6.45, 7) is 8.92. The second-order valence-corrected chi connectivity index (χ2v) is 5.78. The van der Waals surface area contributed by atoms with Gasteiger partial charge in [-0.3, -0.25) is 0 Å². The summed E-state index contributed by atoms with van der Waals surface area (Å²) in [5.74, 6) is 0.689. The molecule has 0 radical (unpaired) electrons. The van der Waals surface area contributed by atoms with Crippen LogP contribution < -0.4 is 4.90 Å². The standard InChI is InChI=1S/C14H19N3/c1-14(2,3)11-6-8-17(10-11)13-5-4-7-16-12(13)9-15/h4-5,7,11H,6,8,10H2,1-3H3. The number of aromatic nitrogens is 1. The molecule has 1 atom stereocenters. The molecule has 3 nitrogen and oxygen atoms in total. The largest absolute Gasteiger partial charge is 0.369 e. The lowest BCUT2D eigenvalue weighted by Gasteiger charge is -2.27. The Labute approximate surface area is 103 Å². The Bertz CT molecular complexity index is 440. The minimum Gasteiger partial charge on any atom is -0.369 e. The van der Waals surface area contributed by atoms with Crippen LogP contribution in [-0.4, -0.2) is 18.1 Å². The maximum Gasteiger partial charge on any atom is 0.163 e. The highest BCUT2D eigenvalue weighted by Crippen LogP contribution is 2.36. The van der Waals surface area contributed by atoms with E-state index in [0.717, 1.165) is 18.8 Å². The van der Waals surface area contributed by atoms with E-state index in [1.807, 2.05) is 12.1 Å². The van der Waals surface area contributed by atoms with Crippen LogP contribution in [0, 0.1) is 22.7 Å². The molecular weight excluding hydrogens is 210 g/mol. The van der Waals surface area contributed by atoms with Gasteiger partial charge in [0.05, 0.1) is 5.69 Å². The Hall–Kier alpha value is -1.56. The predicted octanol–water partition coefficient (Wildman–Crippen LogP) is 2.83. The number of anilines is 1. The minimum atomic E-state index is 0.337. The number of pyridine rings is 1. The van der Waals surface area contributed by atoms with Crippen molar-refractivity contribution in [3.8, 4) is 6.07 Å². The number of hydrogen-bond donors (Lipinski definition) is 0. The smallest absolute Gasteiger partial charge is 0.163 e. The van der Waals surface area contributed by atoms with Crippen molar-refractivity contribution >= 4 is 5.69 Å². The molecule has 1 unspecified atom stereocenters. The molecule has 90 valence electrons. The van der Waals surface area contributed by atoms with E-state index in [-0.39, 0.29) is 0 Å². The van der Waals surface area contributed by atoms with E-state index in [2.05, 4.69) is 36.7 Å². The van der Waals surface area contributed by atoms with E-state index < -0.39 is 0 Å². The van der Waals surface area contributed by atoms with E-state index in [1.165, 1.54) is 6.42 Å². The van der Waals surface area contributed by atoms with Gasteiger partial charge < -0.3 is 4.90 Å². The van der Waals surface area contributed by atoms with Crippen LogP contribution in [0.4, 0.5) is 5.69 Å². The summed E-state index contributed by atoms with van der Waals surface area (Å²) in [6, 6.07) is 6.07. The van der Waals surface area contributed by atoms with Gasteiger partial charge in [0.25, 0.3) is 0 Å². The summed E-state index contributed by atoms with van der Waals surface area (Å²) in [5.41, 5.74) is 1.87. The van der Waals surface area contributed by atoms with Crippen LogP contribution in [0.3, 0.4) is 0 Å². The lowest BCUT2D eigenvalue weighted by Crippen LogP contribution is -2.26. The number of nitrogens with zero attached hydrogens (tertiary/aromatic N) is 3. The van der Waals surface area contributed by atoms with Crippen LogP contribution in [0.15, 0.2) is 18.3 Å². The van der Waals surface area contributed by atoms with Crippen LogP contribution in [0.5, 0.6) is 0 Å². The molecule has 2 heterocycles. The summed E-state index contributed by atoms with van der Waals surface area (Å²) in [6.07, 6.45) is 2.88. The third-order valence-corrected chi connectivity index (χ3v) is 3.65. The summed E-state index contributed by atoms with van der Waals surface area (Å²) >= 11 is 0. The van der Waals surface area contributed by atoms with Crippen molar-refractivity contribution in [1.29, 1.82) is 5.26 Å². The molecule has 1 aliphatic rings. The summed E-state index contributed by atoms with van der Waals surface area (Å²) in [7, 11) is 0. The molecule has 0 N–H and O–H groups in total. The second-order valence-electron chi connectivity index (χ2n) is 5.78. The highest BCUT2D eigenvalue weighted by Gasteiger charge is 2.32. The lowest BCUT2D eigenvalue weighted by molar-refractivity contribution is 0.263. The molecule has 1 aromatic heterocycles. The Balaban J connectivity index is 2.19. The van der Waals surface area contributed by atoms with Crippen LogP contribution in [0.25, 0.3) is 0 Å². The third kappa shape index (κ3) is 2.41. The van der Waals surface area contributed by atoms with E-state index in [0.29, 0.717) is 17.0 Å². The average molecular weight is 229 g/mol. The number of hydrogen-bond acceptors (Lipinski definition) is 3. The van der Waals surface area contributed by atoms with E-state index in [4.69, 9.17) is 5.26 Å². The van der Waals surface area contributed by atoms with E-state index in [9.17, 15) is 0 Å². The van der Waals surface area contributed by atoms with Gasteiger partial charge in [0.15, 0.2) is 5.69 Å². The van der Waals surface area contributed by atoms with Gasteiger partial charge in [0.2, 0.25) is 0 Å². The fraction of sp³-hybridized carbons (Fsp3) is 0.571. The monoisotopic (exact) mass is 229 g/mol. The molecule has 0 saturated carbocycles. The molecule has 17 heavy (non-hydrogen) atoms. The Morgan fingerprint density at radius 1 is 1.47 bits per heavy atom. The van der Waals surface area contributed by atoms with Gasteiger partial charge in [-0.05, 0) is 29.9 Å². The molecule has 1 fully saturated rings. The zero-order valence-corrected chi connectivity index (χ0v) is 10.8. The van der Waals surface area contributed by atoms with E-state index >= 15 is 0 Å². The lowest BCUT2D eigenvalue weighted by atomic mass is 9.80. The molecule has 0 amide bonds. The average Bonchev–Trinajstić information content (AvgIpc) is 2.77. The fourth-order valence-corrected chi connectivity index (χ4v) is 2.42. The van der Waals surface area contributed by atoms with Crippen molar-refractivity contribution in [3.05, 3.63) is 24.0 Å². The first-order valence-electron chi connectivity index (χ1n) is 6.12. The van der Waals surface area contributed by atoms with Gasteiger partial charge in [-0.25, -0.2) is 4.98 Å². The predicted molar refractivity (Wildman–Crippen MR) is 68.7 cm³/mol. The van der Waals surface area contributed by atoms with Crippen molar-refractivity contribution in [2.45, 2.75) is 27.2 Å². The Morgan fingerprint density at radius 3 is 2.82 bits per heavy atom. The zero-order chi connectivity index (χ0) is 12.5. The first kappa shape index (κ1) is 11.9. The third-order valence-electron chi connectivity index (χ3n) is 3.65. The molecule has 0 bridgehead atoms. The molecule has 1 aromatic rings. The summed E-state index contributed by atoms with van der Waals surface area (Å²) in [5, 5.41) is 9.07. The summed E-state index contributed by atoms with van der Waals surface area (Å²) < 4.78 is 0. The van der Waals surface area contributed by atoms with Crippen molar-refractivity contribution in [2.24, 2.45) is 11.3 Å². The van der Waals surface area contributed by atoms with Crippen molar-refractivity contribution < 1.29 is 0 Å². The first-order valence-corrected chi connectivity index (χ1v) is 6.12. The van der Waals surface area contributed by atoms with Crippen molar-refractivity contribution in [3.63, 3.8) is 0 Å². The fourth-order valence-electron chi connectivity index (χ4n) is 2.42. The van der Waals surface area contributed by atoms with Crippen LogP contribution in [0.2, 0.25) is 0 Å². The Kier molecular flexibility index (Phi) is 3.06. The molecule has 1 aliphatic heterocycles. The SMILES string of the molecule is CC(C)(C)C1CCN(c2cccnc2C#N)C1. The van der Waals surface area contributed by atoms with E-state index in [1.54, 1.807) is 6.20 Å². The normalized spacial score (nSPS) is 20.4. The van der Waals surface area contributed by atoms with Crippen LogP contribution >= 0.6 is 0 Å². The van der Waals surface area contributed by atoms with Crippen LogP contribution in [0.1, 0.15) is 32.9 Å². The zero-order valence-electron chi connectivity index (χ0n) is 10.8. The summed E-state index contributed by atoms with van der Waals surface area (Å²) in [4.78, 5) is 6.42. The number of nitriles is 1. The number of rotatable bonds is 1. The second kappa shape index (κ2) is 4.37. The first-order chi connectivity index (χ1) is 8.02. The van der Waals surface area contributed by atoms with Gasteiger partial charge in [-0.15, -0.1) is 0 Å². The van der Waals surface area contributed by atoms with Gasteiger partial charge in [-0.2, -0.15) is 5.26 Å². The van der Waals surface area contributed by atoms with Gasteiger partial charge in [0.1, 0.15) is 6.07 Å². The van der Waals surface area contributed by atoms with Gasteiger partial charge in [0, 0.05) is 19.3 Å². The Morgan fingerprint density at radius 2 is 2.24 bits per heavy atom. The molecule has 0 aromatic carbocycles. The highest BCUT2D eigenvalue weighted by molar-refractivity contribution is 5.56. The van der Waals surface area contributed by atoms with Gasteiger partial charge >= 0.3 is 0 Å². The molecular formula is C14H19N3. The maximum atomic E-state index is 9.07. The van der Waals surface area contributed by atoms with Gasteiger partial charge in [-0.1, -0.05) is 20.8 Å².